The summed E-state index contributed by atoms with van der Waals surface area (Å²) in [5.41, 5.74) is 0.595. The van der Waals surface area contributed by atoms with Gasteiger partial charge in [0.2, 0.25) is 0 Å². The summed E-state index contributed by atoms with van der Waals surface area (Å²) in [5.74, 6) is -0.107. The molecular formula is C19H13Cl2NO4S. The fraction of sp³-hybridized carbons (Fsp3) is 0.0526. The van der Waals surface area contributed by atoms with Crippen LogP contribution in [0.5, 0.6) is 11.5 Å². The summed E-state index contributed by atoms with van der Waals surface area (Å²) in [6.45, 7) is -0.307. The number of nitrogens with one attached hydrogen (secondary N) is 1. The summed E-state index contributed by atoms with van der Waals surface area (Å²) in [4.78, 5) is 24.5. The normalized spacial score (nSPS) is 10.3. The third kappa shape index (κ3) is 5.47. The van der Waals surface area contributed by atoms with Crippen molar-refractivity contribution < 1.29 is 19.1 Å². The SMILES string of the molecule is O=C(COc1ccc(Cl)cc1Cl)Oc1ccc(NC(=O)c2cccs2)cc1. The summed E-state index contributed by atoms with van der Waals surface area (Å²) in [7, 11) is 0. The lowest BCUT2D eigenvalue weighted by molar-refractivity contribution is -0.136. The molecule has 2 aromatic carbocycles. The van der Waals surface area contributed by atoms with Crippen molar-refractivity contribution in [2.45, 2.75) is 0 Å². The van der Waals surface area contributed by atoms with Gasteiger partial charge in [-0.1, -0.05) is 29.3 Å². The Morgan fingerprint density at radius 3 is 2.48 bits per heavy atom. The number of amides is 1. The molecule has 5 nitrogen and oxygen atoms in total. The summed E-state index contributed by atoms with van der Waals surface area (Å²) in [6.07, 6.45) is 0. The van der Waals surface area contributed by atoms with Gasteiger partial charge in [-0.2, -0.15) is 0 Å². The van der Waals surface area contributed by atoms with Crippen LogP contribution in [-0.2, 0) is 4.79 Å². The summed E-state index contributed by atoms with van der Waals surface area (Å²) in [5, 5.41) is 5.37. The molecule has 0 atom stereocenters. The van der Waals surface area contributed by atoms with Gasteiger partial charge in [0.05, 0.1) is 9.90 Å². The van der Waals surface area contributed by atoms with E-state index in [0.717, 1.165) is 0 Å². The second kappa shape index (κ2) is 8.90. The van der Waals surface area contributed by atoms with Crippen LogP contribution in [0.15, 0.2) is 60.0 Å². The Labute approximate surface area is 169 Å². The van der Waals surface area contributed by atoms with E-state index >= 15 is 0 Å². The van der Waals surface area contributed by atoms with Gasteiger partial charge < -0.3 is 14.8 Å². The third-order valence-electron chi connectivity index (χ3n) is 3.33. The molecule has 0 aliphatic rings. The van der Waals surface area contributed by atoms with Crippen LogP contribution < -0.4 is 14.8 Å². The number of anilines is 1. The lowest BCUT2D eigenvalue weighted by Crippen LogP contribution is -2.17. The number of carbonyl (C=O) groups is 2. The second-order valence-corrected chi connectivity index (χ2v) is 7.08. The number of carbonyl (C=O) groups excluding carboxylic acids is 2. The maximum Gasteiger partial charge on any atom is 0.349 e. The first kappa shape index (κ1) is 19.2. The highest BCUT2D eigenvalue weighted by Crippen LogP contribution is 2.27. The second-order valence-electron chi connectivity index (χ2n) is 5.29. The smallest absolute Gasteiger partial charge is 0.349 e. The number of thiophene rings is 1. The van der Waals surface area contributed by atoms with E-state index in [2.05, 4.69) is 5.32 Å². The Morgan fingerprint density at radius 1 is 1.04 bits per heavy atom. The van der Waals surface area contributed by atoms with E-state index in [1.54, 1.807) is 48.5 Å². The first-order valence-corrected chi connectivity index (χ1v) is 9.38. The molecule has 0 unspecified atom stereocenters. The fourth-order valence-corrected chi connectivity index (χ4v) is 3.18. The number of hydrogen-bond acceptors (Lipinski definition) is 5. The van der Waals surface area contributed by atoms with Gasteiger partial charge in [-0.25, -0.2) is 4.79 Å². The summed E-state index contributed by atoms with van der Waals surface area (Å²) in [6, 6.07) is 14.7. The molecule has 138 valence electrons. The van der Waals surface area contributed by atoms with Crippen LogP contribution in [0.3, 0.4) is 0 Å². The van der Waals surface area contributed by atoms with Gasteiger partial charge in [0.25, 0.3) is 5.91 Å². The summed E-state index contributed by atoms with van der Waals surface area (Å²) < 4.78 is 10.5. The lowest BCUT2D eigenvalue weighted by Gasteiger charge is -2.09. The van der Waals surface area contributed by atoms with Gasteiger partial charge in [-0.15, -0.1) is 11.3 Å². The van der Waals surface area contributed by atoms with Crippen molar-refractivity contribution in [3.8, 4) is 11.5 Å². The minimum absolute atomic E-state index is 0.192. The van der Waals surface area contributed by atoms with Crippen LogP contribution in [0.4, 0.5) is 5.69 Å². The summed E-state index contributed by atoms with van der Waals surface area (Å²) >= 11 is 13.1. The van der Waals surface area contributed by atoms with Crippen LogP contribution in [0.1, 0.15) is 9.67 Å². The van der Waals surface area contributed by atoms with Crippen LogP contribution in [0.25, 0.3) is 0 Å². The van der Waals surface area contributed by atoms with Gasteiger partial charge in [-0.05, 0) is 53.9 Å². The molecule has 0 bridgehead atoms. The molecule has 0 radical (unpaired) electrons. The number of hydrogen-bond donors (Lipinski definition) is 1. The minimum atomic E-state index is -0.587. The highest BCUT2D eigenvalue weighted by atomic mass is 35.5. The molecule has 0 aliphatic heterocycles. The first-order chi connectivity index (χ1) is 13.0. The zero-order chi connectivity index (χ0) is 19.2. The predicted molar refractivity (Wildman–Crippen MR) is 106 cm³/mol. The first-order valence-electron chi connectivity index (χ1n) is 7.75. The van der Waals surface area contributed by atoms with Crippen molar-refractivity contribution in [2.24, 2.45) is 0 Å². The average molecular weight is 422 g/mol. The van der Waals surface area contributed by atoms with E-state index in [1.807, 2.05) is 5.38 Å². The monoisotopic (exact) mass is 421 g/mol. The van der Waals surface area contributed by atoms with Gasteiger partial charge in [-0.3, -0.25) is 4.79 Å². The molecule has 1 aromatic heterocycles. The van der Waals surface area contributed by atoms with E-state index in [-0.39, 0.29) is 12.5 Å². The van der Waals surface area contributed by atoms with Crippen molar-refractivity contribution in [3.05, 3.63) is 74.9 Å². The number of ether oxygens (including phenoxy) is 2. The third-order valence-corrected chi connectivity index (χ3v) is 4.73. The van der Waals surface area contributed by atoms with Gasteiger partial charge in [0.1, 0.15) is 11.5 Å². The maximum absolute atomic E-state index is 12.0. The van der Waals surface area contributed by atoms with Gasteiger partial charge in [0, 0.05) is 10.7 Å². The standard InChI is InChI=1S/C19H13Cl2NO4S/c20-12-3-8-16(15(21)10-12)25-11-18(23)26-14-6-4-13(5-7-14)22-19(24)17-2-1-9-27-17/h1-10H,11H2,(H,22,24). The van der Waals surface area contributed by atoms with Crippen LogP contribution in [-0.4, -0.2) is 18.5 Å². The highest BCUT2D eigenvalue weighted by molar-refractivity contribution is 7.12. The molecule has 0 saturated heterocycles. The molecule has 1 heterocycles. The van der Waals surface area contributed by atoms with Crippen molar-refractivity contribution in [1.29, 1.82) is 0 Å². The van der Waals surface area contributed by atoms with E-state index in [9.17, 15) is 9.59 Å². The van der Waals surface area contributed by atoms with Crippen molar-refractivity contribution in [2.75, 3.05) is 11.9 Å². The molecule has 8 heteroatoms. The molecule has 0 aliphatic carbocycles. The Morgan fingerprint density at radius 2 is 1.81 bits per heavy atom. The van der Waals surface area contributed by atoms with Crippen LogP contribution >= 0.6 is 34.5 Å². The zero-order valence-corrected chi connectivity index (χ0v) is 16.1. The van der Waals surface area contributed by atoms with Crippen molar-refractivity contribution in [1.82, 2.24) is 0 Å². The lowest BCUT2D eigenvalue weighted by atomic mass is 10.3. The Bertz CT molecular complexity index is 943. The molecule has 3 aromatic rings. The fourth-order valence-electron chi connectivity index (χ4n) is 2.10. The van der Waals surface area contributed by atoms with Crippen molar-refractivity contribution in [3.63, 3.8) is 0 Å². The van der Waals surface area contributed by atoms with Gasteiger partial charge >= 0.3 is 5.97 Å². The Balaban J connectivity index is 1.51. The minimum Gasteiger partial charge on any atom is -0.480 e. The maximum atomic E-state index is 12.0. The van der Waals surface area contributed by atoms with E-state index < -0.39 is 5.97 Å². The van der Waals surface area contributed by atoms with E-state index in [1.165, 1.54) is 17.4 Å². The number of esters is 1. The largest absolute Gasteiger partial charge is 0.480 e. The molecule has 1 amide bonds. The van der Waals surface area contributed by atoms with Crippen LogP contribution in [0.2, 0.25) is 10.0 Å². The molecule has 0 saturated carbocycles. The van der Waals surface area contributed by atoms with Crippen LogP contribution in [0, 0.1) is 0 Å². The Hall–Kier alpha value is -2.54. The molecule has 0 fully saturated rings. The van der Waals surface area contributed by atoms with Crippen molar-refractivity contribution >= 4 is 52.1 Å². The quantitative estimate of drug-likeness (QED) is 0.433. The molecule has 3 rings (SSSR count). The predicted octanol–water partition coefficient (Wildman–Crippen LogP) is 5.29. The zero-order valence-electron chi connectivity index (χ0n) is 13.8. The number of halogens is 2. The van der Waals surface area contributed by atoms with E-state index in [0.29, 0.717) is 32.1 Å². The average Bonchev–Trinajstić information content (AvgIpc) is 3.17. The number of benzene rings is 2. The number of rotatable bonds is 6. The molecule has 0 spiro atoms. The molecule has 1 N–H and O–H groups in total. The van der Waals surface area contributed by atoms with Gasteiger partial charge in [0.15, 0.2) is 6.61 Å². The molecular weight excluding hydrogens is 409 g/mol. The topological polar surface area (TPSA) is 64.6 Å². The van der Waals surface area contributed by atoms with E-state index in [4.69, 9.17) is 32.7 Å². The highest BCUT2D eigenvalue weighted by Gasteiger charge is 2.10. The Kier molecular flexibility index (Phi) is 6.34. The molecule has 27 heavy (non-hydrogen) atoms.